The molecule has 0 fully saturated rings. The van der Waals surface area contributed by atoms with E-state index in [0.29, 0.717) is 5.92 Å². The molecular weight excluding hydrogens is 172 g/mol. The molecule has 1 N–H and O–H groups in total. The van der Waals surface area contributed by atoms with Gasteiger partial charge < -0.3 is 5.32 Å². The zero-order chi connectivity index (χ0) is 10.6. The summed E-state index contributed by atoms with van der Waals surface area (Å²) in [4.78, 5) is 4.40. The summed E-state index contributed by atoms with van der Waals surface area (Å²) in [6.07, 6.45) is 5.36. The maximum absolute atomic E-state index is 4.40. The molecule has 0 atom stereocenters. The Hall–Kier alpha value is -1.05. The van der Waals surface area contributed by atoms with E-state index in [1.54, 1.807) is 0 Å². The van der Waals surface area contributed by atoms with Crippen molar-refractivity contribution in [2.75, 3.05) is 0 Å². The first kappa shape index (κ1) is 11.0. The van der Waals surface area contributed by atoms with Crippen LogP contribution in [0.1, 0.15) is 40.0 Å². The van der Waals surface area contributed by atoms with Crippen molar-refractivity contribution < 1.29 is 0 Å². The lowest BCUT2D eigenvalue weighted by Crippen LogP contribution is -2.27. The maximum atomic E-state index is 4.40. The molecule has 0 radical (unpaired) electrons. The summed E-state index contributed by atoms with van der Waals surface area (Å²) >= 11 is 0. The molecule has 0 spiro atoms. The number of unbranched alkanes of at least 4 members (excludes halogenated alkanes) is 1. The van der Waals surface area contributed by atoms with Gasteiger partial charge in [-0.05, 0) is 17.9 Å². The van der Waals surface area contributed by atoms with Crippen LogP contribution in [0.3, 0.4) is 0 Å². The van der Waals surface area contributed by atoms with Gasteiger partial charge in [-0.2, -0.15) is 0 Å². The van der Waals surface area contributed by atoms with Crippen LogP contribution in [0, 0.1) is 5.92 Å². The molecule has 0 saturated carbocycles. The minimum absolute atomic E-state index is 0.492. The van der Waals surface area contributed by atoms with Gasteiger partial charge in [-0.15, -0.1) is 0 Å². The summed E-state index contributed by atoms with van der Waals surface area (Å²) < 4.78 is 0. The number of hydrogen-bond donors (Lipinski definition) is 1. The van der Waals surface area contributed by atoms with Gasteiger partial charge in [0.2, 0.25) is 0 Å². The fraction of sp³-hybridized carbons (Fsp3) is 0.583. The number of aliphatic imine (C=N–C) groups is 1. The van der Waals surface area contributed by atoms with Gasteiger partial charge in [0.1, 0.15) is 5.84 Å². The second-order valence-electron chi connectivity index (χ2n) is 4.02. The van der Waals surface area contributed by atoms with Gasteiger partial charge >= 0.3 is 0 Å². The Morgan fingerprint density at radius 2 is 2.21 bits per heavy atom. The first-order valence-electron chi connectivity index (χ1n) is 5.38. The van der Waals surface area contributed by atoms with E-state index in [0.717, 1.165) is 18.0 Å². The molecule has 2 heteroatoms. The highest BCUT2D eigenvalue weighted by molar-refractivity contribution is 5.86. The second-order valence-corrected chi connectivity index (χ2v) is 4.02. The van der Waals surface area contributed by atoms with Gasteiger partial charge in [0.25, 0.3) is 0 Å². The van der Waals surface area contributed by atoms with E-state index >= 15 is 0 Å². The molecule has 0 unspecified atom stereocenters. The van der Waals surface area contributed by atoms with Crippen molar-refractivity contribution in [2.45, 2.75) is 40.0 Å². The van der Waals surface area contributed by atoms with Crippen LogP contribution in [0.2, 0.25) is 0 Å². The molecule has 0 aliphatic carbocycles. The first-order chi connectivity index (χ1) is 6.65. The molecule has 1 aliphatic rings. The van der Waals surface area contributed by atoms with Crippen LogP contribution in [0.15, 0.2) is 29.0 Å². The van der Waals surface area contributed by atoms with Crippen molar-refractivity contribution in [3.05, 3.63) is 24.0 Å². The molecule has 2 nitrogen and oxygen atoms in total. The number of rotatable bonds is 4. The highest BCUT2D eigenvalue weighted by Gasteiger charge is 2.12. The molecule has 0 aromatic rings. The van der Waals surface area contributed by atoms with Crippen molar-refractivity contribution in [3.63, 3.8) is 0 Å². The molecule has 0 bridgehead atoms. The van der Waals surface area contributed by atoms with Crippen LogP contribution in [0.4, 0.5) is 0 Å². The van der Waals surface area contributed by atoms with E-state index in [2.05, 4.69) is 37.7 Å². The zero-order valence-electron chi connectivity index (χ0n) is 9.43. The molecule has 14 heavy (non-hydrogen) atoms. The minimum atomic E-state index is 0.492. The molecule has 0 aromatic carbocycles. The van der Waals surface area contributed by atoms with Crippen LogP contribution in [0.25, 0.3) is 0 Å². The van der Waals surface area contributed by atoms with Gasteiger partial charge in [0.15, 0.2) is 0 Å². The molecular formula is C12H20N2. The van der Waals surface area contributed by atoms with E-state index in [9.17, 15) is 0 Å². The molecule has 1 aliphatic heterocycles. The average Bonchev–Trinajstić information content (AvgIpc) is 2.14. The smallest absolute Gasteiger partial charge is 0.106 e. The average molecular weight is 192 g/mol. The third kappa shape index (κ3) is 2.72. The topological polar surface area (TPSA) is 24.4 Å². The van der Waals surface area contributed by atoms with Crippen molar-refractivity contribution in [2.24, 2.45) is 10.9 Å². The monoisotopic (exact) mass is 192 g/mol. The molecule has 1 heterocycles. The summed E-state index contributed by atoms with van der Waals surface area (Å²) in [5.41, 5.74) is 2.23. The van der Waals surface area contributed by atoms with Crippen molar-refractivity contribution in [3.8, 4) is 0 Å². The molecule has 0 saturated heterocycles. The molecule has 0 amide bonds. The summed E-state index contributed by atoms with van der Waals surface area (Å²) in [7, 11) is 0. The Bertz CT molecular complexity index is 272. The molecule has 0 aromatic heterocycles. The normalized spacial score (nSPS) is 16.4. The number of nitrogens with zero attached hydrogens (tertiary/aromatic N) is 1. The van der Waals surface area contributed by atoms with E-state index in [4.69, 9.17) is 0 Å². The van der Waals surface area contributed by atoms with Gasteiger partial charge in [-0.3, -0.25) is 0 Å². The number of hydrogen-bond acceptors (Lipinski definition) is 2. The highest BCUT2D eigenvalue weighted by Crippen LogP contribution is 2.19. The second kappa shape index (κ2) is 4.99. The minimum Gasteiger partial charge on any atom is -0.344 e. The predicted molar refractivity (Wildman–Crippen MR) is 62.2 cm³/mol. The Labute approximate surface area is 86.8 Å². The highest BCUT2D eigenvalue weighted by atomic mass is 15.0. The maximum Gasteiger partial charge on any atom is 0.106 e. The summed E-state index contributed by atoms with van der Waals surface area (Å²) in [5, 5.41) is 3.27. The van der Waals surface area contributed by atoms with Crippen LogP contribution in [0.5, 0.6) is 0 Å². The van der Waals surface area contributed by atoms with Crippen LogP contribution in [-0.4, -0.2) is 5.84 Å². The standard InChI is InChI=1S/C12H20N2/c1-5-6-7-12-13-8-11(9(2)3)10(4)14-12/h8-9H,4-7H2,1-3H3,(H,13,14). The van der Waals surface area contributed by atoms with Gasteiger partial charge in [0.05, 0.1) is 0 Å². The summed E-state index contributed by atoms with van der Waals surface area (Å²) in [6.45, 7) is 10.5. The number of amidine groups is 1. The first-order valence-corrected chi connectivity index (χ1v) is 5.38. The van der Waals surface area contributed by atoms with Crippen molar-refractivity contribution in [1.82, 2.24) is 5.32 Å². The van der Waals surface area contributed by atoms with Crippen LogP contribution >= 0.6 is 0 Å². The third-order valence-corrected chi connectivity index (χ3v) is 2.39. The Balaban J connectivity index is 2.64. The predicted octanol–water partition coefficient (Wildman–Crippen LogP) is 3.23. The van der Waals surface area contributed by atoms with Crippen molar-refractivity contribution in [1.29, 1.82) is 0 Å². The van der Waals surface area contributed by atoms with Crippen molar-refractivity contribution >= 4 is 5.84 Å². The molecule has 78 valence electrons. The third-order valence-electron chi connectivity index (χ3n) is 2.39. The zero-order valence-corrected chi connectivity index (χ0v) is 9.43. The summed E-state index contributed by atoms with van der Waals surface area (Å²) in [5.74, 6) is 1.55. The fourth-order valence-corrected chi connectivity index (χ4v) is 1.47. The van der Waals surface area contributed by atoms with E-state index in [1.165, 1.54) is 18.4 Å². The van der Waals surface area contributed by atoms with Gasteiger partial charge in [0, 0.05) is 18.3 Å². The SMILES string of the molecule is C=C1NC(CCCC)=NC=C1C(C)C. The lowest BCUT2D eigenvalue weighted by molar-refractivity contribution is 0.747. The number of nitrogens with one attached hydrogen (secondary N) is 1. The quantitative estimate of drug-likeness (QED) is 0.726. The Morgan fingerprint density at radius 3 is 2.71 bits per heavy atom. The lowest BCUT2D eigenvalue weighted by Gasteiger charge is -2.20. The van der Waals surface area contributed by atoms with E-state index < -0.39 is 0 Å². The molecule has 1 rings (SSSR count). The van der Waals surface area contributed by atoms with Crippen LogP contribution < -0.4 is 5.32 Å². The van der Waals surface area contributed by atoms with E-state index in [-0.39, 0.29) is 0 Å². The lowest BCUT2D eigenvalue weighted by atomic mass is 10.0. The largest absolute Gasteiger partial charge is 0.344 e. The summed E-state index contributed by atoms with van der Waals surface area (Å²) in [6, 6.07) is 0. The fourth-order valence-electron chi connectivity index (χ4n) is 1.47. The van der Waals surface area contributed by atoms with Crippen LogP contribution in [-0.2, 0) is 0 Å². The van der Waals surface area contributed by atoms with E-state index in [1.807, 2.05) is 6.20 Å². The van der Waals surface area contributed by atoms with Gasteiger partial charge in [-0.25, -0.2) is 4.99 Å². The number of allylic oxidation sites excluding steroid dienone is 1. The Morgan fingerprint density at radius 1 is 1.50 bits per heavy atom. The van der Waals surface area contributed by atoms with Gasteiger partial charge in [-0.1, -0.05) is 33.8 Å². The Kier molecular flexibility index (Phi) is 3.93.